The van der Waals surface area contributed by atoms with Crippen molar-refractivity contribution in [2.24, 2.45) is 0 Å². The van der Waals surface area contributed by atoms with E-state index in [4.69, 9.17) is 29.1 Å². The zero-order chi connectivity index (χ0) is 33.5. The fraction of sp³-hybridized carbons (Fsp3) is 0.294. The van der Waals surface area contributed by atoms with E-state index in [0.29, 0.717) is 79.2 Å². The van der Waals surface area contributed by atoms with Crippen LogP contribution in [-0.2, 0) is 16.1 Å². The minimum atomic E-state index is -0.355. The maximum Gasteiger partial charge on any atom is 0.247 e. The molecule has 4 heterocycles. The molecular weight excluding hydrogens is 616 g/mol. The third-order valence-electron chi connectivity index (χ3n) is 7.92. The average Bonchev–Trinajstić information content (AvgIpc) is 3.77. The quantitative estimate of drug-likeness (QED) is 0.109. The number of carbonyl (C=O) groups is 1. The number of aliphatic hydroxyl groups is 2. The number of furan rings is 1. The molecular formula is C34H38N8O6. The number of aryl methyl sites for hydroxylation is 1. The zero-order valence-corrected chi connectivity index (χ0v) is 26.6. The first kappa shape index (κ1) is 32.7. The van der Waals surface area contributed by atoms with Crippen LogP contribution in [0.2, 0.25) is 0 Å². The number of H-pyrrole nitrogens is 1. The number of aliphatic hydroxyl groups excluding tert-OH is 2. The second kappa shape index (κ2) is 15.1. The van der Waals surface area contributed by atoms with Gasteiger partial charge in [-0.3, -0.25) is 9.63 Å². The number of amides is 1. The lowest BCUT2D eigenvalue weighted by Gasteiger charge is -2.36. The van der Waals surface area contributed by atoms with Crippen LogP contribution in [0, 0.1) is 0 Å². The van der Waals surface area contributed by atoms with Crippen LogP contribution in [0.25, 0.3) is 33.6 Å². The molecule has 0 radical (unpaired) electrons. The van der Waals surface area contributed by atoms with Crippen LogP contribution >= 0.6 is 0 Å². The van der Waals surface area contributed by atoms with E-state index in [0.717, 1.165) is 28.0 Å². The Kier molecular flexibility index (Phi) is 10.3. The molecule has 1 fully saturated rings. The highest BCUT2D eigenvalue weighted by atomic mass is 16.7. The van der Waals surface area contributed by atoms with Crippen molar-refractivity contribution in [1.29, 1.82) is 0 Å². The number of rotatable bonds is 14. The van der Waals surface area contributed by atoms with E-state index in [1.54, 1.807) is 31.7 Å². The molecule has 1 saturated heterocycles. The number of piperazine rings is 1. The third-order valence-corrected chi connectivity index (χ3v) is 7.92. The number of fused-ring (bicyclic) bond motifs is 1. The number of aromatic nitrogens is 4. The molecule has 5 aromatic rings. The van der Waals surface area contributed by atoms with Gasteiger partial charge in [0.05, 0.1) is 60.7 Å². The molecule has 0 saturated carbocycles. The molecule has 0 atom stereocenters. The van der Waals surface area contributed by atoms with Gasteiger partial charge in [0.1, 0.15) is 17.2 Å². The molecule has 1 aliphatic heterocycles. The van der Waals surface area contributed by atoms with Crippen molar-refractivity contribution in [2.75, 3.05) is 68.6 Å². The van der Waals surface area contributed by atoms with Crippen molar-refractivity contribution in [3.8, 4) is 28.4 Å². The Labute approximate surface area is 277 Å². The molecule has 1 amide bonds. The molecule has 14 nitrogen and oxygen atoms in total. The molecule has 250 valence electrons. The summed E-state index contributed by atoms with van der Waals surface area (Å²) in [5.74, 6) is 1.19. The van der Waals surface area contributed by atoms with E-state index >= 15 is 0 Å². The Bertz CT molecular complexity index is 1880. The highest BCUT2D eigenvalue weighted by Crippen LogP contribution is 2.39. The van der Waals surface area contributed by atoms with Crippen LogP contribution in [0.15, 0.2) is 72.0 Å². The normalized spacial score (nSPS) is 13.5. The number of methoxy groups -OCH3 is 1. The summed E-state index contributed by atoms with van der Waals surface area (Å²) in [6.45, 7) is 6.34. The van der Waals surface area contributed by atoms with Gasteiger partial charge in [0.15, 0.2) is 0 Å². The maximum atomic E-state index is 12.5. The van der Waals surface area contributed by atoms with E-state index in [-0.39, 0.29) is 25.7 Å². The minimum absolute atomic E-state index is 0.0487. The van der Waals surface area contributed by atoms with E-state index < -0.39 is 0 Å². The summed E-state index contributed by atoms with van der Waals surface area (Å²) in [6.07, 6.45) is 5.65. The number of imidazole rings is 1. The number of nitrogens with zero attached hydrogens (tertiary/aromatic N) is 5. The number of nitrogens with one attached hydrogen (secondary N) is 3. The number of benzene rings is 2. The molecule has 2 aromatic carbocycles. The van der Waals surface area contributed by atoms with Crippen molar-refractivity contribution < 1.29 is 29.0 Å². The molecule has 48 heavy (non-hydrogen) atoms. The average molecular weight is 655 g/mol. The van der Waals surface area contributed by atoms with Gasteiger partial charge >= 0.3 is 0 Å². The van der Waals surface area contributed by atoms with Crippen LogP contribution in [0.1, 0.15) is 12.2 Å². The van der Waals surface area contributed by atoms with Gasteiger partial charge in [-0.1, -0.05) is 18.7 Å². The molecule has 0 unspecified atom stereocenters. The highest BCUT2D eigenvalue weighted by Gasteiger charge is 2.23. The molecule has 0 aliphatic carbocycles. The first-order valence-corrected chi connectivity index (χ1v) is 15.7. The molecule has 3 aromatic heterocycles. The molecule has 0 bridgehead atoms. The van der Waals surface area contributed by atoms with E-state index in [9.17, 15) is 9.90 Å². The second-order valence-corrected chi connectivity index (χ2v) is 11.0. The van der Waals surface area contributed by atoms with E-state index in [2.05, 4.69) is 32.1 Å². The fourth-order valence-electron chi connectivity index (χ4n) is 5.57. The Balaban J connectivity index is 1.32. The predicted molar refractivity (Wildman–Crippen MR) is 182 cm³/mol. The molecule has 0 spiro atoms. The van der Waals surface area contributed by atoms with Crippen molar-refractivity contribution in [3.63, 3.8) is 0 Å². The number of carbonyl (C=O) groups excluding carboxylic acids is 1. The lowest BCUT2D eigenvalue weighted by atomic mass is 10.1. The van der Waals surface area contributed by atoms with Crippen LogP contribution < -0.4 is 20.3 Å². The van der Waals surface area contributed by atoms with Gasteiger partial charge in [-0.25, -0.2) is 15.0 Å². The number of hydrogen-bond donors (Lipinski definition) is 5. The summed E-state index contributed by atoms with van der Waals surface area (Å²) in [5.41, 5.74) is 5.47. The number of hydroxylamine groups is 2. The van der Waals surface area contributed by atoms with E-state index in [1.165, 1.54) is 6.08 Å². The van der Waals surface area contributed by atoms with Gasteiger partial charge in [-0.05, 0) is 36.8 Å². The van der Waals surface area contributed by atoms with Gasteiger partial charge < -0.3 is 39.9 Å². The topological polar surface area (TPSA) is 174 Å². The largest absolute Gasteiger partial charge is 0.494 e. The van der Waals surface area contributed by atoms with Crippen LogP contribution in [0.3, 0.4) is 0 Å². The van der Waals surface area contributed by atoms with Gasteiger partial charge in [0.25, 0.3) is 0 Å². The second-order valence-electron chi connectivity index (χ2n) is 11.0. The highest BCUT2D eigenvalue weighted by molar-refractivity contribution is 6.02. The Hall–Kier alpha value is -5.28. The lowest BCUT2D eigenvalue weighted by molar-refractivity contribution is -0.167. The fourth-order valence-corrected chi connectivity index (χ4v) is 5.57. The van der Waals surface area contributed by atoms with Crippen molar-refractivity contribution in [2.45, 2.75) is 12.8 Å². The summed E-state index contributed by atoms with van der Waals surface area (Å²) in [5, 5.41) is 27.5. The standard InChI is InChI=1S/C34H38N8O6/c1-3-31(45)36-25-20-26(29(46-2)21-27(25)41-11-13-42(14-12-41)48-18-16-44)38-34-35-10-8-24(37-34)33-32(39-30(40-33)5-4-15-43)23-7-6-22-9-17-47-28(22)19-23/h3,6-10,17,19-21,43-44H,1,4-5,11-16,18H2,2H3,(H,36,45)(H,39,40)(H,35,37,38). The molecule has 6 rings (SSSR count). The summed E-state index contributed by atoms with van der Waals surface area (Å²) >= 11 is 0. The zero-order valence-electron chi connectivity index (χ0n) is 26.6. The predicted octanol–water partition coefficient (Wildman–Crippen LogP) is 4.13. The van der Waals surface area contributed by atoms with Crippen molar-refractivity contribution in [3.05, 3.63) is 73.4 Å². The Morgan fingerprint density at radius 1 is 1.08 bits per heavy atom. The smallest absolute Gasteiger partial charge is 0.247 e. The monoisotopic (exact) mass is 654 g/mol. The first-order valence-electron chi connectivity index (χ1n) is 15.7. The Morgan fingerprint density at radius 2 is 1.94 bits per heavy atom. The summed E-state index contributed by atoms with van der Waals surface area (Å²) in [7, 11) is 1.57. The summed E-state index contributed by atoms with van der Waals surface area (Å²) < 4.78 is 11.4. The number of aromatic amines is 1. The first-order chi connectivity index (χ1) is 23.5. The Morgan fingerprint density at radius 3 is 2.71 bits per heavy atom. The molecule has 14 heteroatoms. The SMILES string of the molecule is C=CC(=O)Nc1cc(Nc2nccc(-c3[nH]c(CCCO)nc3-c3ccc4ccoc4c3)n2)c(OC)cc1N1CCN(OCCO)CC1. The van der Waals surface area contributed by atoms with Gasteiger partial charge in [0, 0.05) is 62.4 Å². The van der Waals surface area contributed by atoms with Crippen molar-refractivity contribution >= 4 is 39.9 Å². The summed E-state index contributed by atoms with van der Waals surface area (Å²) in [6, 6.07) is 13.3. The van der Waals surface area contributed by atoms with Crippen molar-refractivity contribution in [1.82, 2.24) is 25.0 Å². The van der Waals surface area contributed by atoms with Gasteiger partial charge in [0.2, 0.25) is 11.9 Å². The van der Waals surface area contributed by atoms with Gasteiger partial charge in [-0.15, -0.1) is 0 Å². The number of ether oxygens (including phenoxy) is 1. The van der Waals surface area contributed by atoms with Crippen LogP contribution in [0.4, 0.5) is 23.0 Å². The molecule has 5 N–H and O–H groups in total. The minimum Gasteiger partial charge on any atom is -0.494 e. The maximum absolute atomic E-state index is 12.5. The molecule has 1 aliphatic rings. The third kappa shape index (κ3) is 7.31. The number of hydrogen-bond acceptors (Lipinski definition) is 12. The summed E-state index contributed by atoms with van der Waals surface area (Å²) in [4.78, 5) is 37.7. The van der Waals surface area contributed by atoms with Gasteiger partial charge in [-0.2, -0.15) is 5.06 Å². The van der Waals surface area contributed by atoms with Crippen LogP contribution in [-0.4, -0.2) is 94.2 Å². The van der Waals surface area contributed by atoms with E-state index in [1.807, 2.05) is 35.4 Å². The number of anilines is 4. The lowest BCUT2D eigenvalue weighted by Crippen LogP contribution is -2.46. The van der Waals surface area contributed by atoms with Crippen LogP contribution in [0.5, 0.6) is 5.75 Å².